The number of anilines is 2. The Bertz CT molecular complexity index is 1630. The first-order valence-corrected chi connectivity index (χ1v) is 14.5. The van der Waals surface area contributed by atoms with Crippen molar-refractivity contribution in [2.75, 3.05) is 37.6 Å². The van der Waals surface area contributed by atoms with E-state index in [1.54, 1.807) is 49.4 Å². The number of carbonyl (C=O) groups is 2. The number of carboxylic acid groups (broad SMARTS) is 1. The highest BCUT2D eigenvalue weighted by Crippen LogP contribution is 2.57. The maximum absolute atomic E-state index is 14.4. The molecule has 5 rings (SSSR count). The lowest BCUT2D eigenvalue weighted by Gasteiger charge is -2.28. The number of aliphatic hydroxyl groups excluding tert-OH is 1. The third-order valence-corrected chi connectivity index (χ3v) is 7.85. The summed E-state index contributed by atoms with van der Waals surface area (Å²) >= 11 is 6.20. The molecule has 14 heteroatoms. The van der Waals surface area contributed by atoms with Crippen LogP contribution in [0.3, 0.4) is 0 Å². The molecule has 1 aliphatic carbocycles. The normalized spacial score (nSPS) is 14.8. The summed E-state index contributed by atoms with van der Waals surface area (Å²) in [5, 5.41) is 27.4. The van der Waals surface area contributed by atoms with Gasteiger partial charge in [0, 0.05) is 51.6 Å². The lowest BCUT2D eigenvalue weighted by Crippen LogP contribution is -2.38. The minimum Gasteiger partial charge on any atom is -0.497 e. The zero-order chi connectivity index (χ0) is 33.8. The lowest BCUT2D eigenvalue weighted by atomic mass is 9.99. The highest BCUT2D eigenvalue weighted by Gasteiger charge is 2.54. The first-order chi connectivity index (χ1) is 21.7. The van der Waals surface area contributed by atoms with Crippen molar-refractivity contribution < 1.29 is 47.2 Å². The average Bonchev–Trinajstić information content (AvgIpc) is 3.70. The number of fused-ring (bicyclic) bond motifs is 2. The number of carbonyl (C=O) groups excluding carboxylic acids is 1. The Morgan fingerprint density at radius 3 is 2.33 bits per heavy atom. The monoisotopic (exact) mass is 663 g/mol. The van der Waals surface area contributed by atoms with E-state index >= 15 is 0 Å². The predicted octanol–water partition coefficient (Wildman–Crippen LogP) is 6.33. The number of alkyl halides is 3. The molecule has 2 aliphatic rings. The van der Waals surface area contributed by atoms with E-state index in [0.717, 1.165) is 18.4 Å². The smallest absolute Gasteiger partial charge is 0.497 e. The van der Waals surface area contributed by atoms with Gasteiger partial charge in [0.15, 0.2) is 0 Å². The van der Waals surface area contributed by atoms with Gasteiger partial charge in [0.25, 0.3) is 5.91 Å². The van der Waals surface area contributed by atoms with E-state index in [4.69, 9.17) is 36.7 Å². The van der Waals surface area contributed by atoms with Crippen molar-refractivity contribution in [2.24, 2.45) is 0 Å². The maximum atomic E-state index is 14.4. The lowest BCUT2D eigenvalue weighted by molar-refractivity contribution is -0.274. The van der Waals surface area contributed by atoms with Gasteiger partial charge in [-0.15, -0.1) is 13.2 Å². The minimum atomic E-state index is -4.86. The van der Waals surface area contributed by atoms with E-state index in [9.17, 15) is 22.8 Å². The molecule has 1 unspecified atom stereocenters. The number of nitrogens with zero attached hydrogens (tertiary/aromatic N) is 1. The number of ether oxygens (including phenoxy) is 3. The Labute approximate surface area is 268 Å². The van der Waals surface area contributed by atoms with E-state index in [1.807, 2.05) is 0 Å². The number of carboxylic acids is 1. The van der Waals surface area contributed by atoms with Crippen molar-refractivity contribution in [3.63, 3.8) is 0 Å². The quantitative estimate of drug-likeness (QED) is 0.185. The van der Waals surface area contributed by atoms with Crippen LogP contribution in [0.15, 0.2) is 54.6 Å². The first kappa shape index (κ1) is 34.4. The molecule has 4 N–H and O–H groups in total. The number of aliphatic hydroxyl groups is 1. The van der Waals surface area contributed by atoms with Gasteiger partial charge in [-0.1, -0.05) is 23.7 Å². The number of rotatable bonds is 10. The fraction of sp³-hybridized carbons (Fsp3) is 0.344. The summed E-state index contributed by atoms with van der Waals surface area (Å²) < 4.78 is 54.2. The number of methoxy groups -OCH3 is 2. The van der Waals surface area contributed by atoms with Crippen LogP contribution in [-0.4, -0.2) is 61.5 Å². The average molecular weight is 664 g/mol. The highest BCUT2D eigenvalue weighted by molar-refractivity contribution is 6.30. The molecule has 1 saturated carbocycles. The zero-order valence-corrected chi connectivity index (χ0v) is 26.0. The van der Waals surface area contributed by atoms with Gasteiger partial charge >= 0.3 is 12.3 Å². The third-order valence-electron chi connectivity index (χ3n) is 7.61. The van der Waals surface area contributed by atoms with Crippen molar-refractivity contribution in [2.45, 2.75) is 44.0 Å². The number of benzene rings is 3. The molecule has 1 fully saturated rings. The van der Waals surface area contributed by atoms with E-state index < -0.39 is 30.0 Å². The molecule has 46 heavy (non-hydrogen) atoms. The zero-order valence-electron chi connectivity index (χ0n) is 25.2. The number of aliphatic carboxylic acids is 1. The van der Waals surface area contributed by atoms with E-state index in [0.29, 0.717) is 51.3 Å². The van der Waals surface area contributed by atoms with Gasteiger partial charge in [0.1, 0.15) is 23.3 Å². The predicted molar refractivity (Wildman–Crippen MR) is 166 cm³/mol. The fourth-order valence-electron chi connectivity index (χ4n) is 5.26. The van der Waals surface area contributed by atoms with Gasteiger partial charge in [-0.2, -0.15) is 0 Å². The standard InChI is InChI=1S/C29H27ClF3N3O4.C3H6O3/c1-16(34)17-10-19(13-21(11-17)38-2)35-26(22-6-4-18(30)12-25(22)39-3)27(37)36-15-28(8-9-28)23-7-5-20(14-24(23)36)40-29(31,32)33;4-2-1-3(5)6/h4-7,10-14,26,34-35H,8-9,15H2,1-3H3;4H,1-2H2,(H,5,6). The molecule has 3 aromatic carbocycles. The molecule has 1 aliphatic heterocycles. The van der Waals surface area contributed by atoms with Crippen molar-refractivity contribution in [3.05, 3.63) is 76.3 Å². The van der Waals surface area contributed by atoms with Crippen LogP contribution in [0.2, 0.25) is 5.02 Å². The topological polar surface area (TPSA) is 141 Å². The molecule has 1 amide bonds. The van der Waals surface area contributed by atoms with Gasteiger partial charge in [-0.25, -0.2) is 0 Å². The van der Waals surface area contributed by atoms with Crippen molar-refractivity contribution in [1.29, 1.82) is 5.41 Å². The second-order valence-corrected chi connectivity index (χ2v) is 11.3. The van der Waals surface area contributed by atoms with Crippen LogP contribution in [0.5, 0.6) is 17.2 Å². The Morgan fingerprint density at radius 2 is 1.78 bits per heavy atom. The number of nitrogens with one attached hydrogen (secondary N) is 2. The molecule has 246 valence electrons. The largest absolute Gasteiger partial charge is 0.573 e. The minimum absolute atomic E-state index is 0.153. The summed E-state index contributed by atoms with van der Waals surface area (Å²) in [5.74, 6) is -0.907. The molecule has 10 nitrogen and oxygen atoms in total. The molecule has 1 spiro atoms. The molecular weight excluding hydrogens is 631 g/mol. The number of amides is 1. The second kappa shape index (κ2) is 13.9. The van der Waals surface area contributed by atoms with Crippen LogP contribution in [0.1, 0.15) is 48.9 Å². The van der Waals surface area contributed by atoms with Gasteiger partial charge in [-0.05, 0) is 55.7 Å². The van der Waals surface area contributed by atoms with Crippen LogP contribution in [0.25, 0.3) is 0 Å². The Hall–Kier alpha value is -4.49. The first-order valence-electron chi connectivity index (χ1n) is 14.1. The van der Waals surface area contributed by atoms with Crippen molar-refractivity contribution in [1.82, 2.24) is 0 Å². The van der Waals surface area contributed by atoms with Gasteiger partial charge < -0.3 is 40.0 Å². The number of hydrogen-bond acceptors (Lipinski definition) is 8. The van der Waals surface area contributed by atoms with Crippen molar-refractivity contribution >= 4 is 40.6 Å². The third kappa shape index (κ3) is 8.01. The van der Waals surface area contributed by atoms with E-state index in [1.165, 1.54) is 31.3 Å². The molecular formula is C32H33ClF3N3O7. The maximum Gasteiger partial charge on any atom is 0.573 e. The Balaban J connectivity index is 0.000000731. The molecule has 0 bridgehead atoms. The van der Waals surface area contributed by atoms with Crippen LogP contribution < -0.4 is 24.4 Å². The Morgan fingerprint density at radius 1 is 1.07 bits per heavy atom. The summed E-state index contributed by atoms with van der Waals surface area (Å²) in [6.45, 7) is 1.70. The van der Waals surface area contributed by atoms with Crippen molar-refractivity contribution in [3.8, 4) is 17.2 Å². The molecule has 3 aromatic rings. The van der Waals surface area contributed by atoms with Crippen LogP contribution in [0, 0.1) is 5.41 Å². The van der Waals surface area contributed by atoms with Gasteiger partial charge in [-0.3, -0.25) is 9.59 Å². The fourth-order valence-corrected chi connectivity index (χ4v) is 5.42. The van der Waals surface area contributed by atoms with Crippen LogP contribution >= 0.6 is 11.6 Å². The highest BCUT2D eigenvalue weighted by atomic mass is 35.5. The molecule has 1 heterocycles. The SMILES string of the molecule is COc1cc(NC(C(=O)N2CC3(CC3)c3ccc(OC(F)(F)F)cc32)c2ccc(Cl)cc2OC)cc(C(C)=N)c1.O=C(O)CCO. The number of hydrogen-bond donors (Lipinski definition) is 4. The van der Waals surface area contributed by atoms with Crippen LogP contribution in [0.4, 0.5) is 24.5 Å². The van der Waals surface area contributed by atoms with Gasteiger partial charge in [0.05, 0.1) is 32.9 Å². The number of halogens is 4. The summed E-state index contributed by atoms with van der Waals surface area (Å²) in [7, 11) is 2.97. The van der Waals surface area contributed by atoms with E-state index in [2.05, 4.69) is 10.1 Å². The van der Waals surface area contributed by atoms with Crippen LogP contribution in [-0.2, 0) is 15.0 Å². The molecule has 0 aromatic heterocycles. The summed E-state index contributed by atoms with van der Waals surface area (Å²) in [4.78, 5) is 25.3. The molecule has 0 saturated heterocycles. The molecule has 0 radical (unpaired) electrons. The summed E-state index contributed by atoms with van der Waals surface area (Å²) in [6.07, 6.45) is -3.37. The summed E-state index contributed by atoms with van der Waals surface area (Å²) in [6, 6.07) is 13.2. The summed E-state index contributed by atoms with van der Waals surface area (Å²) in [5.41, 5.74) is 2.78. The van der Waals surface area contributed by atoms with E-state index in [-0.39, 0.29) is 18.4 Å². The second-order valence-electron chi connectivity index (χ2n) is 10.8. The van der Waals surface area contributed by atoms with Gasteiger partial charge in [0.2, 0.25) is 0 Å². The Kier molecular flexibility index (Phi) is 10.4. The molecule has 1 atom stereocenters.